The molecule has 154 valence electrons. The molecule has 0 unspecified atom stereocenters. The fourth-order valence-electron chi connectivity index (χ4n) is 3.42. The van der Waals surface area contributed by atoms with E-state index in [0.717, 1.165) is 34.7 Å². The number of thiazole rings is 1. The quantitative estimate of drug-likeness (QED) is 0.547. The predicted octanol–water partition coefficient (Wildman–Crippen LogP) is 5.06. The van der Waals surface area contributed by atoms with E-state index in [1.807, 2.05) is 4.90 Å². The van der Waals surface area contributed by atoms with E-state index in [2.05, 4.69) is 77.0 Å². The van der Waals surface area contributed by atoms with Crippen LogP contribution in [0.4, 0.5) is 5.13 Å². The maximum atomic E-state index is 13.3. The van der Waals surface area contributed by atoms with Crippen molar-refractivity contribution in [2.75, 3.05) is 32.1 Å². The minimum Gasteiger partial charge on any atom is -0.309 e. The molecule has 5 heteroatoms. The lowest BCUT2D eigenvalue weighted by atomic mass is 10.0. The van der Waals surface area contributed by atoms with Gasteiger partial charge in [0.05, 0.1) is 16.6 Å². The highest BCUT2D eigenvalue weighted by Crippen LogP contribution is 2.33. The number of hydrogen-bond acceptors (Lipinski definition) is 4. The second kappa shape index (κ2) is 9.06. The summed E-state index contributed by atoms with van der Waals surface area (Å²) in [5.74, 6) is 0.112. The van der Waals surface area contributed by atoms with Crippen LogP contribution in [0.15, 0.2) is 30.3 Å². The Labute approximate surface area is 178 Å². The Kier molecular flexibility index (Phi) is 6.70. The van der Waals surface area contributed by atoms with Crippen LogP contribution in [-0.2, 0) is 11.2 Å². The van der Waals surface area contributed by atoms with E-state index in [9.17, 15) is 4.79 Å². The van der Waals surface area contributed by atoms with Crippen molar-refractivity contribution in [2.24, 2.45) is 0 Å². The van der Waals surface area contributed by atoms with Crippen LogP contribution in [0.1, 0.15) is 34.2 Å². The zero-order chi connectivity index (χ0) is 21.1. The van der Waals surface area contributed by atoms with Crippen molar-refractivity contribution in [3.63, 3.8) is 0 Å². The number of nitrogens with zero attached hydrogens (tertiary/aromatic N) is 3. The van der Waals surface area contributed by atoms with E-state index in [1.54, 1.807) is 11.3 Å². The molecule has 3 rings (SSSR count). The van der Waals surface area contributed by atoms with Gasteiger partial charge in [-0.3, -0.25) is 9.69 Å². The van der Waals surface area contributed by atoms with Crippen LogP contribution in [0.25, 0.3) is 10.2 Å². The van der Waals surface area contributed by atoms with Gasteiger partial charge in [0, 0.05) is 6.54 Å². The molecule has 2 aromatic carbocycles. The van der Waals surface area contributed by atoms with E-state index in [-0.39, 0.29) is 5.91 Å². The van der Waals surface area contributed by atoms with Crippen LogP contribution in [0.3, 0.4) is 0 Å². The molecule has 0 saturated carbocycles. The number of rotatable bonds is 7. The fourth-order valence-corrected chi connectivity index (χ4v) is 4.57. The van der Waals surface area contributed by atoms with E-state index in [1.165, 1.54) is 21.4 Å². The Bertz CT molecular complexity index is 983. The van der Waals surface area contributed by atoms with Crippen LogP contribution < -0.4 is 4.90 Å². The highest BCUT2D eigenvalue weighted by atomic mass is 32.1. The first-order valence-electron chi connectivity index (χ1n) is 10.1. The monoisotopic (exact) mass is 409 g/mol. The molecule has 0 radical (unpaired) electrons. The van der Waals surface area contributed by atoms with E-state index in [4.69, 9.17) is 4.98 Å². The molecular weight excluding hydrogens is 378 g/mol. The Hall–Kier alpha value is -2.24. The summed E-state index contributed by atoms with van der Waals surface area (Å²) in [5.41, 5.74) is 6.92. The minimum absolute atomic E-state index is 0.112. The first kappa shape index (κ1) is 21.5. The lowest BCUT2D eigenvalue weighted by Crippen LogP contribution is -2.34. The van der Waals surface area contributed by atoms with Gasteiger partial charge in [-0.2, -0.15) is 0 Å². The Morgan fingerprint density at radius 3 is 2.28 bits per heavy atom. The highest BCUT2D eigenvalue weighted by Gasteiger charge is 2.21. The zero-order valence-electron chi connectivity index (χ0n) is 18.4. The first-order chi connectivity index (χ1) is 13.8. The first-order valence-corrected chi connectivity index (χ1v) is 11.0. The van der Waals surface area contributed by atoms with Crippen molar-refractivity contribution in [3.05, 3.63) is 58.1 Å². The molecule has 0 aliphatic carbocycles. The normalized spacial score (nSPS) is 11.4. The van der Waals surface area contributed by atoms with Crippen molar-refractivity contribution >= 4 is 32.6 Å². The Morgan fingerprint density at radius 2 is 1.62 bits per heavy atom. The van der Waals surface area contributed by atoms with E-state index in [0.29, 0.717) is 13.0 Å². The molecule has 4 nitrogen and oxygen atoms in total. The third kappa shape index (κ3) is 5.03. The number of carbonyl (C=O) groups is 1. The van der Waals surface area contributed by atoms with Crippen molar-refractivity contribution in [1.82, 2.24) is 9.88 Å². The maximum absolute atomic E-state index is 13.3. The third-order valence-electron chi connectivity index (χ3n) is 5.38. The van der Waals surface area contributed by atoms with Crippen molar-refractivity contribution in [3.8, 4) is 0 Å². The molecule has 0 fully saturated rings. The van der Waals surface area contributed by atoms with Gasteiger partial charge in [-0.15, -0.1) is 0 Å². The zero-order valence-corrected chi connectivity index (χ0v) is 19.2. The van der Waals surface area contributed by atoms with Gasteiger partial charge in [0.25, 0.3) is 0 Å². The molecular formula is C24H31N3OS. The largest absolute Gasteiger partial charge is 0.309 e. The average Bonchev–Trinajstić information content (AvgIpc) is 3.11. The summed E-state index contributed by atoms with van der Waals surface area (Å²) in [6, 6.07) is 10.5. The van der Waals surface area contributed by atoms with Gasteiger partial charge >= 0.3 is 0 Å². The fraction of sp³-hybridized carbons (Fsp3) is 0.417. The van der Waals surface area contributed by atoms with Gasteiger partial charge in [-0.05, 0) is 82.6 Å². The number of benzene rings is 2. The molecule has 0 bridgehead atoms. The summed E-state index contributed by atoms with van der Waals surface area (Å²) in [6.07, 6.45) is 1.32. The molecule has 29 heavy (non-hydrogen) atoms. The van der Waals surface area contributed by atoms with E-state index >= 15 is 0 Å². The highest BCUT2D eigenvalue weighted by molar-refractivity contribution is 7.22. The minimum atomic E-state index is 0.112. The summed E-state index contributed by atoms with van der Waals surface area (Å²) in [4.78, 5) is 22.2. The van der Waals surface area contributed by atoms with Gasteiger partial charge in [-0.1, -0.05) is 41.7 Å². The van der Waals surface area contributed by atoms with Gasteiger partial charge in [0.2, 0.25) is 5.91 Å². The Balaban J connectivity index is 1.91. The summed E-state index contributed by atoms with van der Waals surface area (Å²) >= 11 is 1.63. The number of aryl methyl sites for hydroxylation is 4. The molecule has 0 spiro atoms. The number of aromatic nitrogens is 1. The molecule has 3 aromatic rings. The number of amides is 1. The summed E-state index contributed by atoms with van der Waals surface area (Å²) < 4.78 is 1.18. The van der Waals surface area contributed by atoms with Gasteiger partial charge in [0.1, 0.15) is 0 Å². The van der Waals surface area contributed by atoms with Gasteiger partial charge in [0.15, 0.2) is 5.13 Å². The van der Waals surface area contributed by atoms with Crippen LogP contribution in [-0.4, -0.2) is 43.0 Å². The topological polar surface area (TPSA) is 36.4 Å². The van der Waals surface area contributed by atoms with E-state index < -0.39 is 0 Å². The van der Waals surface area contributed by atoms with Crippen LogP contribution in [0, 0.1) is 27.7 Å². The molecule has 0 aliphatic rings. The second-order valence-corrected chi connectivity index (χ2v) is 9.15. The molecule has 1 amide bonds. The van der Waals surface area contributed by atoms with Crippen molar-refractivity contribution in [2.45, 2.75) is 40.5 Å². The van der Waals surface area contributed by atoms with Crippen LogP contribution in [0.2, 0.25) is 0 Å². The lowest BCUT2D eigenvalue weighted by molar-refractivity contribution is -0.118. The summed E-state index contributed by atoms with van der Waals surface area (Å²) in [6.45, 7) is 10.0. The third-order valence-corrected chi connectivity index (χ3v) is 6.59. The summed E-state index contributed by atoms with van der Waals surface area (Å²) in [7, 11) is 4.12. The molecule has 1 heterocycles. The maximum Gasteiger partial charge on any atom is 0.233 e. The molecule has 1 aromatic heterocycles. The molecule has 0 saturated heterocycles. The lowest BCUT2D eigenvalue weighted by Gasteiger charge is -2.21. The number of anilines is 1. The second-order valence-electron chi connectivity index (χ2n) is 8.17. The number of hydrogen-bond donors (Lipinski definition) is 0. The van der Waals surface area contributed by atoms with Gasteiger partial charge in [-0.25, -0.2) is 4.98 Å². The smallest absolute Gasteiger partial charge is 0.233 e. The average molecular weight is 410 g/mol. The molecule has 0 N–H and O–H groups in total. The predicted molar refractivity (Wildman–Crippen MR) is 124 cm³/mol. The van der Waals surface area contributed by atoms with Crippen molar-refractivity contribution in [1.29, 1.82) is 0 Å². The van der Waals surface area contributed by atoms with Crippen LogP contribution in [0.5, 0.6) is 0 Å². The van der Waals surface area contributed by atoms with Crippen molar-refractivity contribution < 1.29 is 4.79 Å². The van der Waals surface area contributed by atoms with Gasteiger partial charge < -0.3 is 4.90 Å². The number of carbonyl (C=O) groups excluding carboxylic acids is 1. The standard InChI is InChI=1S/C24H31N3OS/c1-16-10-11-20(14-19(16)4)15-21(28)27(13-7-12-26(5)6)24-25-22-17(2)8-9-18(3)23(22)29-24/h8-11,14H,7,12-13,15H2,1-6H3. The van der Waals surface area contributed by atoms with Crippen LogP contribution >= 0.6 is 11.3 Å². The Morgan fingerprint density at radius 1 is 0.931 bits per heavy atom. The molecule has 0 aliphatic heterocycles. The summed E-state index contributed by atoms with van der Waals surface area (Å²) in [5, 5.41) is 0.810. The SMILES string of the molecule is Cc1ccc(CC(=O)N(CCCN(C)C)c2nc3c(C)ccc(C)c3s2)cc1C. The molecule has 0 atom stereocenters. The number of fused-ring (bicyclic) bond motifs is 1.